The standard InChI is InChI=1S/C20H32O2/c1-12-10-13-11-14(21)6-8-19(13,2)16-7-9-20(3)15(18(12)16)4-5-17(20)22/h12-13,15-18,22H,4-11H2,1-3H3/t12-,13+,15+,16+,17+,18+,19-,20-/m1/s1. The number of fused-ring (bicyclic) bond motifs is 5. The monoisotopic (exact) mass is 304 g/mol. The maximum atomic E-state index is 12.0. The molecule has 0 amide bonds. The van der Waals surface area contributed by atoms with Crippen molar-refractivity contribution in [3.8, 4) is 0 Å². The van der Waals surface area contributed by atoms with E-state index >= 15 is 0 Å². The number of aliphatic hydroxyl groups excluding tert-OH is 1. The van der Waals surface area contributed by atoms with Gasteiger partial charge in [-0.2, -0.15) is 0 Å². The minimum atomic E-state index is -0.0795. The Bertz CT molecular complexity index is 486. The summed E-state index contributed by atoms with van der Waals surface area (Å²) in [6.45, 7) is 7.30. The molecule has 2 nitrogen and oxygen atoms in total. The van der Waals surface area contributed by atoms with Crippen LogP contribution in [-0.2, 0) is 4.79 Å². The number of carbonyl (C=O) groups is 1. The zero-order valence-corrected chi connectivity index (χ0v) is 14.5. The molecule has 2 heteroatoms. The van der Waals surface area contributed by atoms with E-state index in [1.165, 1.54) is 25.7 Å². The Morgan fingerprint density at radius 1 is 1.05 bits per heavy atom. The Labute approximate surface area is 135 Å². The van der Waals surface area contributed by atoms with Crippen LogP contribution in [0.1, 0.15) is 72.1 Å². The topological polar surface area (TPSA) is 37.3 Å². The van der Waals surface area contributed by atoms with Gasteiger partial charge in [-0.25, -0.2) is 0 Å². The summed E-state index contributed by atoms with van der Waals surface area (Å²) in [4.78, 5) is 12.0. The first kappa shape index (κ1) is 15.2. The molecule has 0 unspecified atom stereocenters. The van der Waals surface area contributed by atoms with E-state index in [9.17, 15) is 9.90 Å². The van der Waals surface area contributed by atoms with Gasteiger partial charge in [-0.05, 0) is 78.9 Å². The molecule has 0 aromatic rings. The Balaban J connectivity index is 1.68. The molecule has 4 saturated carbocycles. The van der Waals surface area contributed by atoms with Gasteiger partial charge in [0.05, 0.1) is 6.10 Å². The van der Waals surface area contributed by atoms with Crippen molar-refractivity contribution >= 4 is 5.78 Å². The number of Topliss-reactive ketones (excluding diaryl/α,β-unsaturated/α-hetero) is 1. The normalized spacial score (nSPS) is 57.9. The molecule has 0 aromatic carbocycles. The highest BCUT2D eigenvalue weighted by molar-refractivity contribution is 5.79. The highest BCUT2D eigenvalue weighted by Crippen LogP contribution is 2.67. The quantitative estimate of drug-likeness (QED) is 0.728. The van der Waals surface area contributed by atoms with Crippen molar-refractivity contribution in [2.24, 2.45) is 40.4 Å². The van der Waals surface area contributed by atoms with Crippen molar-refractivity contribution in [2.45, 2.75) is 78.2 Å². The lowest BCUT2D eigenvalue weighted by atomic mass is 9.43. The lowest BCUT2D eigenvalue weighted by Crippen LogP contribution is -2.56. The van der Waals surface area contributed by atoms with E-state index in [4.69, 9.17) is 0 Å². The maximum absolute atomic E-state index is 12.0. The average molecular weight is 304 g/mol. The van der Waals surface area contributed by atoms with Gasteiger partial charge in [0, 0.05) is 12.8 Å². The lowest BCUT2D eigenvalue weighted by Gasteiger charge is -2.62. The molecule has 8 atom stereocenters. The van der Waals surface area contributed by atoms with Crippen LogP contribution in [0.15, 0.2) is 0 Å². The number of carbonyl (C=O) groups excluding carboxylic acids is 1. The van der Waals surface area contributed by atoms with Crippen LogP contribution in [0.3, 0.4) is 0 Å². The van der Waals surface area contributed by atoms with Crippen molar-refractivity contribution in [3.63, 3.8) is 0 Å². The molecule has 4 aliphatic carbocycles. The average Bonchev–Trinajstić information content (AvgIpc) is 2.77. The summed E-state index contributed by atoms with van der Waals surface area (Å²) >= 11 is 0. The highest BCUT2D eigenvalue weighted by atomic mass is 16.3. The smallest absolute Gasteiger partial charge is 0.133 e. The summed E-state index contributed by atoms with van der Waals surface area (Å²) in [7, 11) is 0. The predicted octanol–water partition coefficient (Wildman–Crippen LogP) is 4.21. The SMILES string of the molecule is C[C@@H]1C[C@H]2CC(=O)CC[C@@]2(C)[C@H]2CC[C@@]3(C)[C@@H](O)CC[C@H]3[C@H]12. The van der Waals surface area contributed by atoms with Crippen LogP contribution in [0, 0.1) is 40.4 Å². The van der Waals surface area contributed by atoms with Crippen LogP contribution in [0.4, 0.5) is 0 Å². The lowest BCUT2D eigenvalue weighted by molar-refractivity contribution is -0.153. The van der Waals surface area contributed by atoms with E-state index in [1.807, 2.05) is 0 Å². The van der Waals surface area contributed by atoms with Crippen molar-refractivity contribution in [1.82, 2.24) is 0 Å². The second kappa shape index (κ2) is 4.82. The third kappa shape index (κ3) is 1.85. The van der Waals surface area contributed by atoms with E-state index in [0.717, 1.165) is 43.4 Å². The molecular weight excluding hydrogens is 272 g/mol. The number of aliphatic hydroxyl groups is 1. The van der Waals surface area contributed by atoms with Crippen molar-refractivity contribution in [1.29, 1.82) is 0 Å². The molecule has 0 bridgehead atoms. The number of ketones is 1. The summed E-state index contributed by atoms with van der Waals surface area (Å²) in [5.41, 5.74) is 0.559. The summed E-state index contributed by atoms with van der Waals surface area (Å²) in [5, 5.41) is 10.5. The Kier molecular flexibility index (Phi) is 3.32. The second-order valence-corrected chi connectivity index (χ2v) is 9.59. The zero-order chi connectivity index (χ0) is 15.7. The molecule has 0 aromatic heterocycles. The molecule has 4 aliphatic rings. The Morgan fingerprint density at radius 3 is 2.55 bits per heavy atom. The summed E-state index contributed by atoms with van der Waals surface area (Å²) in [6.07, 6.45) is 8.65. The van der Waals surface area contributed by atoms with Gasteiger partial charge in [-0.15, -0.1) is 0 Å². The Hall–Kier alpha value is -0.370. The van der Waals surface area contributed by atoms with Gasteiger partial charge in [-0.1, -0.05) is 20.8 Å². The molecule has 0 aliphatic heterocycles. The number of hydrogen-bond donors (Lipinski definition) is 1. The fourth-order valence-corrected chi connectivity index (χ4v) is 7.40. The van der Waals surface area contributed by atoms with Crippen LogP contribution in [0.2, 0.25) is 0 Å². The second-order valence-electron chi connectivity index (χ2n) is 9.59. The highest BCUT2D eigenvalue weighted by Gasteiger charge is 2.61. The number of hydrogen-bond acceptors (Lipinski definition) is 2. The van der Waals surface area contributed by atoms with E-state index in [0.29, 0.717) is 23.0 Å². The fourth-order valence-electron chi connectivity index (χ4n) is 7.40. The van der Waals surface area contributed by atoms with Crippen molar-refractivity contribution < 1.29 is 9.90 Å². The molecule has 0 saturated heterocycles. The van der Waals surface area contributed by atoms with Gasteiger partial charge in [0.15, 0.2) is 0 Å². The van der Waals surface area contributed by atoms with Gasteiger partial charge in [0.2, 0.25) is 0 Å². The first-order valence-corrected chi connectivity index (χ1v) is 9.56. The molecule has 0 heterocycles. The molecule has 0 radical (unpaired) electrons. The van der Waals surface area contributed by atoms with Gasteiger partial charge in [0.1, 0.15) is 5.78 Å². The zero-order valence-electron chi connectivity index (χ0n) is 14.5. The summed E-state index contributed by atoms with van der Waals surface area (Å²) < 4.78 is 0. The van der Waals surface area contributed by atoms with E-state index in [1.54, 1.807) is 0 Å². The molecule has 4 rings (SSSR count). The maximum Gasteiger partial charge on any atom is 0.133 e. The van der Waals surface area contributed by atoms with E-state index in [-0.39, 0.29) is 11.5 Å². The number of rotatable bonds is 0. The molecular formula is C20H32O2. The molecule has 124 valence electrons. The van der Waals surface area contributed by atoms with Gasteiger partial charge >= 0.3 is 0 Å². The predicted molar refractivity (Wildman–Crippen MR) is 87.3 cm³/mol. The fraction of sp³-hybridized carbons (Fsp3) is 0.950. The minimum absolute atomic E-state index is 0.0795. The molecule has 22 heavy (non-hydrogen) atoms. The summed E-state index contributed by atoms with van der Waals surface area (Å²) in [6, 6.07) is 0. The van der Waals surface area contributed by atoms with Gasteiger partial charge < -0.3 is 5.11 Å². The van der Waals surface area contributed by atoms with Crippen LogP contribution in [0.5, 0.6) is 0 Å². The third-order valence-electron chi connectivity index (χ3n) is 8.79. The largest absolute Gasteiger partial charge is 0.393 e. The minimum Gasteiger partial charge on any atom is -0.393 e. The first-order valence-electron chi connectivity index (χ1n) is 9.56. The molecule has 0 spiro atoms. The van der Waals surface area contributed by atoms with Crippen LogP contribution in [-0.4, -0.2) is 17.0 Å². The van der Waals surface area contributed by atoms with Crippen LogP contribution in [0.25, 0.3) is 0 Å². The van der Waals surface area contributed by atoms with Gasteiger partial charge in [-0.3, -0.25) is 4.79 Å². The third-order valence-corrected chi connectivity index (χ3v) is 8.79. The van der Waals surface area contributed by atoms with Crippen molar-refractivity contribution in [2.75, 3.05) is 0 Å². The van der Waals surface area contributed by atoms with Crippen LogP contribution < -0.4 is 0 Å². The molecule has 1 N–H and O–H groups in total. The van der Waals surface area contributed by atoms with Crippen LogP contribution >= 0.6 is 0 Å². The van der Waals surface area contributed by atoms with E-state index < -0.39 is 0 Å². The summed E-state index contributed by atoms with van der Waals surface area (Å²) in [5.74, 6) is 4.14. The Morgan fingerprint density at radius 2 is 1.77 bits per heavy atom. The van der Waals surface area contributed by atoms with Gasteiger partial charge in [0.25, 0.3) is 0 Å². The first-order chi connectivity index (χ1) is 10.4. The van der Waals surface area contributed by atoms with E-state index in [2.05, 4.69) is 20.8 Å². The molecule has 4 fully saturated rings. The van der Waals surface area contributed by atoms with Crippen molar-refractivity contribution in [3.05, 3.63) is 0 Å².